The zero-order chi connectivity index (χ0) is 19.8. The van der Waals surface area contributed by atoms with Crippen molar-refractivity contribution in [1.29, 1.82) is 0 Å². The molecule has 0 bridgehead atoms. The Morgan fingerprint density at radius 2 is 1.87 bits per heavy atom. The van der Waals surface area contributed by atoms with Gasteiger partial charge in [0, 0.05) is 17.8 Å². The smallest absolute Gasteiger partial charge is 0.231 e. The summed E-state index contributed by atoms with van der Waals surface area (Å²) < 4.78 is 0. The molecule has 1 atom stereocenters. The number of carbonyl (C=O) groups is 1. The Kier molecular flexibility index (Phi) is 6.03. The lowest BCUT2D eigenvalue weighted by molar-refractivity contribution is -0.124. The van der Waals surface area contributed by atoms with Crippen molar-refractivity contribution >= 4 is 25.1 Å². The largest absolute Gasteiger partial charge is 0.347 e. The van der Waals surface area contributed by atoms with Gasteiger partial charge in [-0.3, -0.25) is 9.79 Å². The molecule has 1 saturated heterocycles. The van der Waals surface area contributed by atoms with Gasteiger partial charge in [-0.25, -0.2) is 0 Å². The molecule has 2 aromatic carbocycles. The highest BCUT2D eigenvalue weighted by Gasteiger charge is 2.52. The van der Waals surface area contributed by atoms with E-state index < -0.39 is 0 Å². The molecule has 0 spiro atoms. The van der Waals surface area contributed by atoms with Crippen molar-refractivity contribution in [3.63, 3.8) is 0 Å². The maximum atomic E-state index is 13.5. The van der Waals surface area contributed by atoms with Crippen molar-refractivity contribution in [1.82, 2.24) is 10.2 Å². The topological polar surface area (TPSA) is 44.7 Å². The molecule has 1 aliphatic carbocycles. The molecule has 1 amide bonds. The van der Waals surface area contributed by atoms with Crippen LogP contribution in [0, 0.1) is 0 Å². The van der Waals surface area contributed by atoms with E-state index in [1.165, 1.54) is 29.5 Å². The molecule has 3 aliphatic rings. The van der Waals surface area contributed by atoms with Crippen molar-refractivity contribution < 1.29 is 4.79 Å². The monoisotopic (exact) mass is 421 g/mol. The maximum absolute atomic E-state index is 13.5. The van der Waals surface area contributed by atoms with Gasteiger partial charge in [-0.05, 0) is 68.5 Å². The number of hydrogen-bond acceptors (Lipinski definition) is 3. The lowest BCUT2D eigenvalue weighted by atomic mass is 9.90. The third kappa shape index (κ3) is 3.93. The van der Waals surface area contributed by atoms with Gasteiger partial charge in [-0.15, -0.1) is 0 Å². The summed E-state index contributed by atoms with van der Waals surface area (Å²) in [4.78, 5) is 20.5. The van der Waals surface area contributed by atoms with E-state index in [0.29, 0.717) is 0 Å². The van der Waals surface area contributed by atoms with Gasteiger partial charge in [0.15, 0.2) is 0 Å². The number of rotatable bonds is 6. The predicted molar refractivity (Wildman–Crippen MR) is 127 cm³/mol. The average Bonchev–Trinajstić information content (AvgIpc) is 3.26. The van der Waals surface area contributed by atoms with Crippen molar-refractivity contribution in [2.24, 2.45) is 4.99 Å². The fourth-order valence-corrected chi connectivity index (χ4v) is 4.85. The summed E-state index contributed by atoms with van der Waals surface area (Å²) in [5.74, 6) is 0.179. The van der Waals surface area contributed by atoms with E-state index in [4.69, 9.17) is 0 Å². The number of hydrogen-bond donors (Lipinski definition) is 1. The molecule has 0 unspecified atom stereocenters. The van der Waals surface area contributed by atoms with Gasteiger partial charge in [0.1, 0.15) is 0 Å². The SMILES string of the molecule is CC1=NCc2ccc(C3(C(=O)N[C@H](CN4CCCC4)c4ccccc4)CC3)cc21.S. The number of likely N-dealkylation sites (tertiary alicyclic amines) is 1. The number of amides is 1. The first kappa shape index (κ1) is 21.1. The summed E-state index contributed by atoms with van der Waals surface area (Å²) in [7, 11) is 0. The molecule has 1 saturated carbocycles. The molecule has 5 rings (SSSR count). The summed E-state index contributed by atoms with van der Waals surface area (Å²) in [6.07, 6.45) is 4.38. The number of carbonyl (C=O) groups excluding carboxylic acids is 1. The number of fused-ring (bicyclic) bond motifs is 1. The van der Waals surface area contributed by atoms with E-state index in [0.717, 1.165) is 50.3 Å². The van der Waals surface area contributed by atoms with Gasteiger partial charge in [0.05, 0.1) is 18.0 Å². The first-order valence-corrected chi connectivity index (χ1v) is 10.9. The first-order chi connectivity index (χ1) is 14.2. The summed E-state index contributed by atoms with van der Waals surface area (Å²) in [5, 5.41) is 3.43. The summed E-state index contributed by atoms with van der Waals surface area (Å²) in [5.41, 5.74) is 5.57. The Balaban J connectivity index is 0.00000218. The molecule has 5 heteroatoms. The molecule has 1 N–H and O–H groups in total. The van der Waals surface area contributed by atoms with Crippen LogP contribution < -0.4 is 5.32 Å². The molecule has 2 aromatic rings. The van der Waals surface area contributed by atoms with E-state index in [2.05, 4.69) is 64.6 Å². The normalized spacial score (nSPS) is 20.1. The van der Waals surface area contributed by atoms with Crippen LogP contribution in [0.15, 0.2) is 53.5 Å². The summed E-state index contributed by atoms with van der Waals surface area (Å²) in [6, 6.07) is 17.0. The van der Waals surface area contributed by atoms with Gasteiger partial charge >= 0.3 is 0 Å². The number of benzene rings is 2. The van der Waals surface area contributed by atoms with Crippen LogP contribution in [0.25, 0.3) is 0 Å². The van der Waals surface area contributed by atoms with E-state index in [1.807, 2.05) is 6.07 Å². The highest BCUT2D eigenvalue weighted by molar-refractivity contribution is 7.59. The van der Waals surface area contributed by atoms with Crippen LogP contribution >= 0.6 is 13.5 Å². The number of nitrogens with one attached hydrogen (secondary N) is 1. The molecular formula is C25H31N3OS. The van der Waals surface area contributed by atoms with Crippen LogP contribution in [0.3, 0.4) is 0 Å². The third-order valence-electron chi connectivity index (χ3n) is 6.87. The Morgan fingerprint density at radius 3 is 2.57 bits per heavy atom. The minimum absolute atomic E-state index is 0. The van der Waals surface area contributed by atoms with E-state index >= 15 is 0 Å². The Morgan fingerprint density at radius 1 is 1.13 bits per heavy atom. The molecule has 2 fully saturated rings. The predicted octanol–water partition coefficient (Wildman–Crippen LogP) is 4.11. The molecule has 4 nitrogen and oxygen atoms in total. The highest BCUT2D eigenvalue weighted by atomic mass is 32.1. The second kappa shape index (κ2) is 8.56. The van der Waals surface area contributed by atoms with Crippen molar-refractivity contribution in [2.45, 2.75) is 50.6 Å². The van der Waals surface area contributed by atoms with Crippen molar-refractivity contribution in [2.75, 3.05) is 19.6 Å². The Hall–Kier alpha value is -2.11. The molecule has 0 radical (unpaired) electrons. The van der Waals surface area contributed by atoms with Gasteiger partial charge in [0.25, 0.3) is 0 Å². The van der Waals surface area contributed by atoms with Crippen molar-refractivity contribution in [3.05, 3.63) is 70.8 Å². The van der Waals surface area contributed by atoms with Gasteiger partial charge in [-0.1, -0.05) is 42.5 Å². The fraction of sp³-hybridized carbons (Fsp3) is 0.440. The van der Waals surface area contributed by atoms with Crippen LogP contribution in [-0.4, -0.2) is 36.2 Å². The minimum atomic E-state index is -0.365. The summed E-state index contributed by atoms with van der Waals surface area (Å²) >= 11 is 0. The third-order valence-corrected chi connectivity index (χ3v) is 6.87. The van der Waals surface area contributed by atoms with Crippen molar-refractivity contribution in [3.8, 4) is 0 Å². The first-order valence-electron chi connectivity index (χ1n) is 10.9. The zero-order valence-electron chi connectivity index (χ0n) is 17.7. The van der Waals surface area contributed by atoms with E-state index in [1.54, 1.807) is 0 Å². The van der Waals surface area contributed by atoms with Crippen LogP contribution in [0.5, 0.6) is 0 Å². The maximum Gasteiger partial charge on any atom is 0.231 e. The van der Waals surface area contributed by atoms with E-state index in [9.17, 15) is 4.79 Å². The van der Waals surface area contributed by atoms with Crippen LogP contribution in [0.4, 0.5) is 0 Å². The quantitative estimate of drug-likeness (QED) is 0.763. The van der Waals surface area contributed by atoms with Gasteiger partial charge in [-0.2, -0.15) is 13.5 Å². The fourth-order valence-electron chi connectivity index (χ4n) is 4.85. The molecule has 30 heavy (non-hydrogen) atoms. The van der Waals surface area contributed by atoms with Gasteiger partial charge < -0.3 is 10.2 Å². The van der Waals surface area contributed by atoms with Crippen LogP contribution in [-0.2, 0) is 16.8 Å². The van der Waals surface area contributed by atoms with Crippen LogP contribution in [0.2, 0.25) is 0 Å². The lowest BCUT2D eigenvalue weighted by Crippen LogP contribution is -2.42. The minimum Gasteiger partial charge on any atom is -0.347 e. The number of aliphatic imine (C=N–C) groups is 1. The molecule has 2 heterocycles. The summed E-state index contributed by atoms with van der Waals surface area (Å²) in [6.45, 7) is 5.99. The Labute approximate surface area is 186 Å². The highest BCUT2D eigenvalue weighted by Crippen LogP contribution is 2.49. The molecule has 158 valence electrons. The average molecular weight is 422 g/mol. The van der Waals surface area contributed by atoms with E-state index in [-0.39, 0.29) is 30.9 Å². The molecule has 2 aliphatic heterocycles. The zero-order valence-corrected chi connectivity index (χ0v) is 18.7. The second-order valence-electron chi connectivity index (χ2n) is 8.80. The van der Waals surface area contributed by atoms with Gasteiger partial charge in [0.2, 0.25) is 5.91 Å². The number of nitrogens with zero attached hydrogens (tertiary/aromatic N) is 2. The Bertz CT molecular complexity index is 946. The second-order valence-corrected chi connectivity index (χ2v) is 8.80. The lowest BCUT2D eigenvalue weighted by Gasteiger charge is -2.27. The molecule has 0 aromatic heterocycles. The molecular weight excluding hydrogens is 390 g/mol. The standard InChI is InChI=1S/C25H29N3O.H2S/c1-18-22-15-21(10-9-20(22)16-26-18)25(11-12-25)24(29)27-23(17-28-13-5-6-14-28)19-7-3-2-4-8-19;/h2-4,7-10,15,23H,5-6,11-14,16-17H2,1H3,(H,27,29);1H2/t23-;/m1./s1. The van der Waals surface area contributed by atoms with Crippen LogP contribution in [0.1, 0.15) is 60.9 Å².